The number of amides is 1. The molecule has 134 valence electrons. The standard InChI is InChI=1S/C21H23N3O2/c1-26-16-8-6-7-15(13-16)14-20(25)24-12-5-4-11-19(24)21-22-17-9-2-3-10-18(17)23-21/h2-3,6-10,13,19H,4-5,11-12,14H2,1H3,(H,22,23)/t19-/m0/s1. The number of rotatable bonds is 4. The summed E-state index contributed by atoms with van der Waals surface area (Å²) in [4.78, 5) is 23.1. The first kappa shape index (κ1) is 16.6. The van der Waals surface area contributed by atoms with Gasteiger partial charge in [-0.15, -0.1) is 0 Å². The second-order valence-corrected chi connectivity index (χ2v) is 6.77. The normalized spacial score (nSPS) is 17.4. The first-order valence-corrected chi connectivity index (χ1v) is 9.11. The highest BCUT2D eigenvalue weighted by Gasteiger charge is 2.30. The molecule has 5 heteroatoms. The van der Waals surface area contributed by atoms with E-state index < -0.39 is 0 Å². The summed E-state index contributed by atoms with van der Waals surface area (Å²) in [5.74, 6) is 1.82. The molecule has 0 unspecified atom stereocenters. The van der Waals surface area contributed by atoms with Crippen molar-refractivity contribution < 1.29 is 9.53 Å². The van der Waals surface area contributed by atoms with Crippen molar-refractivity contribution in [2.45, 2.75) is 31.7 Å². The number of hydrogen-bond donors (Lipinski definition) is 1. The van der Waals surface area contributed by atoms with Gasteiger partial charge in [0.15, 0.2) is 0 Å². The van der Waals surface area contributed by atoms with Gasteiger partial charge in [-0.25, -0.2) is 4.98 Å². The number of aromatic nitrogens is 2. The minimum Gasteiger partial charge on any atom is -0.497 e. The number of imidazole rings is 1. The van der Waals surface area contributed by atoms with Gasteiger partial charge in [0.1, 0.15) is 11.6 Å². The number of benzene rings is 2. The van der Waals surface area contributed by atoms with E-state index in [4.69, 9.17) is 9.72 Å². The molecule has 4 rings (SSSR count). The lowest BCUT2D eigenvalue weighted by Crippen LogP contribution is -2.39. The smallest absolute Gasteiger partial charge is 0.227 e. The van der Waals surface area contributed by atoms with Gasteiger partial charge >= 0.3 is 0 Å². The van der Waals surface area contributed by atoms with Crippen molar-refractivity contribution in [2.24, 2.45) is 0 Å². The highest BCUT2D eigenvalue weighted by atomic mass is 16.5. The van der Waals surface area contributed by atoms with E-state index in [1.54, 1.807) is 7.11 Å². The first-order valence-electron chi connectivity index (χ1n) is 9.11. The first-order chi connectivity index (χ1) is 12.7. The minimum absolute atomic E-state index is 0.0225. The molecule has 5 nitrogen and oxygen atoms in total. The number of ether oxygens (including phenoxy) is 1. The summed E-state index contributed by atoms with van der Waals surface area (Å²) in [6, 6.07) is 15.8. The van der Waals surface area contributed by atoms with Crippen LogP contribution >= 0.6 is 0 Å². The summed E-state index contributed by atoms with van der Waals surface area (Å²) < 4.78 is 5.27. The van der Waals surface area contributed by atoms with Crippen molar-refractivity contribution in [3.8, 4) is 5.75 Å². The molecule has 1 aliphatic heterocycles. The van der Waals surface area contributed by atoms with Crippen LogP contribution in [-0.2, 0) is 11.2 Å². The predicted octanol–water partition coefficient (Wildman–Crippen LogP) is 3.87. The zero-order valence-corrected chi connectivity index (χ0v) is 14.9. The number of methoxy groups -OCH3 is 1. The Kier molecular flexibility index (Phi) is 4.61. The number of piperidine rings is 1. The SMILES string of the molecule is COc1cccc(CC(=O)N2CCCC[C@H]2c2nc3ccccc3[nH]2)c1. The van der Waals surface area contributed by atoms with Crippen LogP contribution in [0.1, 0.15) is 36.7 Å². The minimum atomic E-state index is 0.0225. The van der Waals surface area contributed by atoms with Crippen molar-refractivity contribution in [1.29, 1.82) is 0 Å². The molecule has 0 spiro atoms. The number of nitrogens with zero attached hydrogens (tertiary/aromatic N) is 2. The molecule has 0 aliphatic carbocycles. The molecule has 0 radical (unpaired) electrons. The van der Waals surface area contributed by atoms with Crippen molar-refractivity contribution in [3.63, 3.8) is 0 Å². The fraction of sp³-hybridized carbons (Fsp3) is 0.333. The van der Waals surface area contributed by atoms with Gasteiger partial charge in [0, 0.05) is 6.54 Å². The number of fused-ring (bicyclic) bond motifs is 1. The van der Waals surface area contributed by atoms with Crippen molar-refractivity contribution in [3.05, 3.63) is 59.9 Å². The van der Waals surface area contributed by atoms with Gasteiger partial charge in [0.05, 0.1) is 30.6 Å². The number of hydrogen-bond acceptors (Lipinski definition) is 3. The molecule has 26 heavy (non-hydrogen) atoms. The Morgan fingerprint density at radius 2 is 2.12 bits per heavy atom. The highest BCUT2D eigenvalue weighted by Crippen LogP contribution is 2.31. The summed E-state index contributed by atoms with van der Waals surface area (Å²) in [6.45, 7) is 0.782. The second kappa shape index (κ2) is 7.20. The Bertz CT molecular complexity index is 885. The Balaban J connectivity index is 1.57. The maximum absolute atomic E-state index is 13.0. The third kappa shape index (κ3) is 3.29. The van der Waals surface area contributed by atoms with Crippen LogP contribution in [0.5, 0.6) is 5.75 Å². The van der Waals surface area contributed by atoms with E-state index in [2.05, 4.69) is 4.98 Å². The number of para-hydroxylation sites is 2. The number of carbonyl (C=O) groups excluding carboxylic acids is 1. The zero-order chi connectivity index (χ0) is 17.9. The fourth-order valence-electron chi connectivity index (χ4n) is 3.70. The van der Waals surface area contributed by atoms with Crippen LogP contribution in [-0.4, -0.2) is 34.4 Å². The second-order valence-electron chi connectivity index (χ2n) is 6.77. The predicted molar refractivity (Wildman–Crippen MR) is 101 cm³/mol. The van der Waals surface area contributed by atoms with E-state index >= 15 is 0 Å². The molecule has 0 bridgehead atoms. The van der Waals surface area contributed by atoms with Crippen molar-refractivity contribution in [2.75, 3.05) is 13.7 Å². The summed E-state index contributed by atoms with van der Waals surface area (Å²) in [6.07, 6.45) is 3.49. The van der Waals surface area contributed by atoms with Crippen LogP contribution in [0.4, 0.5) is 0 Å². The van der Waals surface area contributed by atoms with Gasteiger partial charge < -0.3 is 14.6 Å². The van der Waals surface area contributed by atoms with E-state index in [1.165, 1.54) is 0 Å². The molecule has 3 aromatic rings. The van der Waals surface area contributed by atoms with E-state index in [9.17, 15) is 4.79 Å². The van der Waals surface area contributed by atoms with Crippen LogP contribution in [0.15, 0.2) is 48.5 Å². The third-order valence-corrected chi connectivity index (χ3v) is 5.04. The maximum atomic E-state index is 13.0. The summed E-state index contributed by atoms with van der Waals surface area (Å²) in [7, 11) is 1.64. The van der Waals surface area contributed by atoms with Gasteiger partial charge in [-0.2, -0.15) is 0 Å². The number of carbonyl (C=O) groups is 1. The summed E-state index contributed by atoms with van der Waals surface area (Å²) >= 11 is 0. The molecule has 1 atom stereocenters. The maximum Gasteiger partial charge on any atom is 0.227 e. The Hall–Kier alpha value is -2.82. The van der Waals surface area contributed by atoms with Crippen molar-refractivity contribution >= 4 is 16.9 Å². The lowest BCUT2D eigenvalue weighted by Gasteiger charge is -2.34. The van der Waals surface area contributed by atoms with E-state index in [-0.39, 0.29) is 11.9 Å². The lowest BCUT2D eigenvalue weighted by molar-refractivity contribution is -0.134. The molecule has 1 N–H and O–H groups in total. The van der Waals surface area contributed by atoms with Crippen LogP contribution in [0, 0.1) is 0 Å². The average Bonchev–Trinajstić information content (AvgIpc) is 3.12. The fourth-order valence-corrected chi connectivity index (χ4v) is 3.70. The molecule has 1 fully saturated rings. The zero-order valence-electron chi connectivity index (χ0n) is 14.9. The van der Waals surface area contributed by atoms with Gasteiger partial charge in [-0.1, -0.05) is 24.3 Å². The van der Waals surface area contributed by atoms with Crippen molar-refractivity contribution in [1.82, 2.24) is 14.9 Å². The van der Waals surface area contributed by atoms with Gasteiger partial charge in [-0.05, 0) is 49.1 Å². The van der Waals surface area contributed by atoms with Crippen LogP contribution < -0.4 is 4.74 Å². The Morgan fingerprint density at radius 1 is 1.23 bits per heavy atom. The summed E-state index contributed by atoms with van der Waals surface area (Å²) in [5, 5.41) is 0. The molecule has 1 amide bonds. The number of likely N-dealkylation sites (tertiary alicyclic amines) is 1. The quantitative estimate of drug-likeness (QED) is 0.778. The van der Waals surface area contributed by atoms with Gasteiger partial charge in [-0.3, -0.25) is 4.79 Å². The molecule has 1 aliphatic rings. The number of H-pyrrole nitrogens is 1. The monoisotopic (exact) mass is 349 g/mol. The Morgan fingerprint density at radius 3 is 2.96 bits per heavy atom. The van der Waals surface area contributed by atoms with Gasteiger partial charge in [0.2, 0.25) is 5.91 Å². The van der Waals surface area contributed by atoms with Crippen LogP contribution in [0.25, 0.3) is 11.0 Å². The lowest BCUT2D eigenvalue weighted by atomic mass is 10.00. The number of aromatic amines is 1. The summed E-state index contributed by atoms with van der Waals surface area (Å²) in [5.41, 5.74) is 2.95. The molecular weight excluding hydrogens is 326 g/mol. The molecule has 2 heterocycles. The van der Waals surface area contributed by atoms with E-state index in [0.717, 1.165) is 54.0 Å². The molecule has 0 saturated carbocycles. The Labute approximate surface area is 153 Å². The van der Waals surface area contributed by atoms with Crippen LogP contribution in [0.3, 0.4) is 0 Å². The molecule has 1 aromatic heterocycles. The highest BCUT2D eigenvalue weighted by molar-refractivity contribution is 5.80. The van der Waals surface area contributed by atoms with E-state index in [1.807, 2.05) is 53.4 Å². The third-order valence-electron chi connectivity index (χ3n) is 5.04. The average molecular weight is 349 g/mol. The van der Waals surface area contributed by atoms with E-state index in [0.29, 0.717) is 6.42 Å². The van der Waals surface area contributed by atoms with Gasteiger partial charge in [0.25, 0.3) is 0 Å². The largest absolute Gasteiger partial charge is 0.497 e. The molecular formula is C21H23N3O2. The topological polar surface area (TPSA) is 58.2 Å². The molecule has 2 aromatic carbocycles. The molecule has 1 saturated heterocycles. The number of nitrogens with one attached hydrogen (secondary N) is 1. The van der Waals surface area contributed by atoms with Crippen LogP contribution in [0.2, 0.25) is 0 Å².